The summed E-state index contributed by atoms with van der Waals surface area (Å²) in [5.74, 6) is 0.969. The van der Waals surface area contributed by atoms with Crippen LogP contribution in [0.1, 0.15) is 16.0 Å². The number of ether oxygens (including phenoxy) is 1. The van der Waals surface area contributed by atoms with E-state index in [1.54, 1.807) is 11.3 Å². The maximum Gasteiger partial charge on any atom is 0.122 e. The van der Waals surface area contributed by atoms with Crippen molar-refractivity contribution in [2.75, 3.05) is 0 Å². The first-order chi connectivity index (χ1) is 9.22. The monoisotopic (exact) mass is 268 g/mol. The Morgan fingerprint density at radius 3 is 2.68 bits per heavy atom. The molecule has 0 radical (unpaired) electrons. The summed E-state index contributed by atoms with van der Waals surface area (Å²) in [6.45, 7) is 4.84. The quantitative estimate of drug-likeness (QED) is 0.642. The number of hydrogen-bond donors (Lipinski definition) is 0. The molecule has 0 unspecified atom stereocenters. The first-order valence-corrected chi connectivity index (χ1v) is 7.21. The Bertz CT molecular complexity index is 712. The van der Waals surface area contributed by atoms with Crippen molar-refractivity contribution < 1.29 is 4.74 Å². The van der Waals surface area contributed by atoms with Crippen LogP contribution in [0.5, 0.6) is 5.75 Å². The number of thiophene rings is 1. The van der Waals surface area contributed by atoms with Crippen LogP contribution < -0.4 is 4.74 Å². The van der Waals surface area contributed by atoms with Gasteiger partial charge in [0, 0.05) is 9.58 Å². The first kappa shape index (κ1) is 12.2. The van der Waals surface area contributed by atoms with E-state index in [4.69, 9.17) is 4.74 Å². The van der Waals surface area contributed by atoms with Crippen molar-refractivity contribution in [2.45, 2.75) is 20.5 Å². The minimum absolute atomic E-state index is 0.642. The van der Waals surface area contributed by atoms with E-state index >= 15 is 0 Å². The fourth-order valence-corrected chi connectivity index (χ4v) is 3.11. The highest BCUT2D eigenvalue weighted by atomic mass is 32.1. The highest BCUT2D eigenvalue weighted by molar-refractivity contribution is 7.19. The largest absolute Gasteiger partial charge is 0.488 e. The van der Waals surface area contributed by atoms with Gasteiger partial charge in [-0.25, -0.2) is 0 Å². The molecule has 0 atom stereocenters. The number of hydrogen-bond acceptors (Lipinski definition) is 2. The lowest BCUT2D eigenvalue weighted by Crippen LogP contribution is -1.94. The van der Waals surface area contributed by atoms with Crippen molar-refractivity contribution in [2.24, 2.45) is 0 Å². The van der Waals surface area contributed by atoms with Crippen molar-refractivity contribution >= 4 is 21.4 Å². The lowest BCUT2D eigenvalue weighted by Gasteiger charge is -2.06. The predicted octanol–water partition coefficient (Wildman–Crippen LogP) is 5.10. The average molecular weight is 268 g/mol. The molecule has 3 aromatic rings. The molecule has 2 heteroatoms. The summed E-state index contributed by atoms with van der Waals surface area (Å²) in [6.07, 6.45) is 0. The molecule has 0 aliphatic rings. The van der Waals surface area contributed by atoms with Gasteiger partial charge in [-0.1, -0.05) is 35.9 Å². The summed E-state index contributed by atoms with van der Waals surface area (Å²) in [6, 6.07) is 16.9. The molecule has 0 amide bonds. The first-order valence-electron chi connectivity index (χ1n) is 6.40. The minimum atomic E-state index is 0.642. The third-order valence-electron chi connectivity index (χ3n) is 3.19. The predicted molar refractivity (Wildman–Crippen MR) is 82.1 cm³/mol. The van der Waals surface area contributed by atoms with Crippen LogP contribution >= 0.6 is 11.3 Å². The van der Waals surface area contributed by atoms with Crippen molar-refractivity contribution in [3.63, 3.8) is 0 Å². The molecule has 0 N–H and O–H groups in total. The van der Waals surface area contributed by atoms with E-state index in [2.05, 4.69) is 44.2 Å². The Kier molecular flexibility index (Phi) is 3.26. The standard InChI is InChI=1S/C17H16OS/c1-12-7-8-17-14(9-12)10-15(19-17)11-18-16-6-4-3-5-13(16)2/h3-10H,11H2,1-2H3. The Hall–Kier alpha value is -1.80. The Balaban J connectivity index is 1.80. The molecule has 0 fully saturated rings. The minimum Gasteiger partial charge on any atom is -0.488 e. The third-order valence-corrected chi connectivity index (χ3v) is 4.28. The van der Waals surface area contributed by atoms with Crippen LogP contribution in [-0.4, -0.2) is 0 Å². The van der Waals surface area contributed by atoms with Gasteiger partial charge in [0.05, 0.1) is 0 Å². The lowest BCUT2D eigenvalue weighted by molar-refractivity contribution is 0.308. The molecule has 1 aromatic heterocycles. The van der Waals surface area contributed by atoms with E-state index in [-0.39, 0.29) is 0 Å². The Morgan fingerprint density at radius 2 is 1.84 bits per heavy atom. The van der Waals surface area contributed by atoms with Crippen molar-refractivity contribution in [1.29, 1.82) is 0 Å². The molecule has 0 aliphatic heterocycles. The summed E-state index contributed by atoms with van der Waals surface area (Å²) in [4.78, 5) is 1.27. The van der Waals surface area contributed by atoms with Gasteiger partial charge in [0.15, 0.2) is 0 Å². The van der Waals surface area contributed by atoms with Crippen LogP contribution in [0.25, 0.3) is 10.1 Å². The zero-order valence-electron chi connectivity index (χ0n) is 11.1. The van der Waals surface area contributed by atoms with Crippen LogP contribution in [0, 0.1) is 13.8 Å². The van der Waals surface area contributed by atoms with E-state index in [0.29, 0.717) is 6.61 Å². The molecule has 1 nitrogen and oxygen atoms in total. The van der Waals surface area contributed by atoms with Gasteiger partial charge in [-0.15, -0.1) is 11.3 Å². The summed E-state index contributed by atoms with van der Waals surface area (Å²) in [5, 5.41) is 1.31. The molecule has 0 spiro atoms. The van der Waals surface area contributed by atoms with Gasteiger partial charge in [-0.05, 0) is 43.0 Å². The van der Waals surface area contributed by atoms with Gasteiger partial charge >= 0.3 is 0 Å². The number of fused-ring (bicyclic) bond motifs is 1. The number of para-hydroxylation sites is 1. The molecular weight excluding hydrogens is 252 g/mol. The van der Waals surface area contributed by atoms with Gasteiger partial charge in [0.1, 0.15) is 12.4 Å². The normalized spacial score (nSPS) is 10.8. The highest BCUT2D eigenvalue weighted by Crippen LogP contribution is 2.28. The molecule has 0 aliphatic carbocycles. The van der Waals surface area contributed by atoms with Crippen LogP contribution in [-0.2, 0) is 6.61 Å². The zero-order chi connectivity index (χ0) is 13.2. The van der Waals surface area contributed by atoms with Gasteiger partial charge in [-0.2, -0.15) is 0 Å². The van der Waals surface area contributed by atoms with Gasteiger partial charge in [0.2, 0.25) is 0 Å². The summed E-state index contributed by atoms with van der Waals surface area (Å²) in [5.41, 5.74) is 2.48. The van der Waals surface area contributed by atoms with E-state index < -0.39 is 0 Å². The third kappa shape index (κ3) is 2.64. The molecular formula is C17H16OS. The number of rotatable bonds is 3. The second-order valence-corrected chi connectivity index (χ2v) is 5.98. The molecule has 2 aromatic carbocycles. The van der Waals surface area contributed by atoms with E-state index in [1.165, 1.54) is 26.1 Å². The van der Waals surface area contributed by atoms with Crippen molar-refractivity contribution in [3.05, 3.63) is 64.5 Å². The highest BCUT2D eigenvalue weighted by Gasteiger charge is 2.04. The van der Waals surface area contributed by atoms with Gasteiger partial charge in [0.25, 0.3) is 0 Å². The van der Waals surface area contributed by atoms with Crippen LogP contribution in [0.4, 0.5) is 0 Å². The van der Waals surface area contributed by atoms with E-state index in [9.17, 15) is 0 Å². The topological polar surface area (TPSA) is 9.23 Å². The molecule has 1 heterocycles. The molecule has 19 heavy (non-hydrogen) atoms. The summed E-state index contributed by atoms with van der Waals surface area (Å²) >= 11 is 1.81. The fraction of sp³-hybridized carbons (Fsp3) is 0.176. The summed E-state index contributed by atoms with van der Waals surface area (Å²) in [7, 11) is 0. The second-order valence-electron chi connectivity index (χ2n) is 4.81. The van der Waals surface area contributed by atoms with Crippen LogP contribution in [0.15, 0.2) is 48.5 Å². The molecule has 3 rings (SSSR count). The smallest absolute Gasteiger partial charge is 0.122 e. The SMILES string of the molecule is Cc1ccc2sc(COc3ccccc3C)cc2c1. The average Bonchev–Trinajstić information content (AvgIpc) is 2.79. The number of aryl methyl sites for hydroxylation is 2. The number of benzene rings is 2. The molecule has 0 saturated carbocycles. The Labute approximate surface area is 117 Å². The van der Waals surface area contributed by atoms with Crippen LogP contribution in [0.2, 0.25) is 0 Å². The van der Waals surface area contributed by atoms with Gasteiger partial charge < -0.3 is 4.74 Å². The van der Waals surface area contributed by atoms with Crippen molar-refractivity contribution in [1.82, 2.24) is 0 Å². The summed E-state index contributed by atoms with van der Waals surface area (Å²) < 4.78 is 7.22. The fourth-order valence-electron chi connectivity index (χ4n) is 2.16. The van der Waals surface area contributed by atoms with Gasteiger partial charge in [-0.3, -0.25) is 0 Å². The Morgan fingerprint density at radius 1 is 1.00 bits per heavy atom. The zero-order valence-corrected chi connectivity index (χ0v) is 12.0. The molecule has 0 saturated heterocycles. The van der Waals surface area contributed by atoms with E-state index in [1.807, 2.05) is 18.2 Å². The van der Waals surface area contributed by atoms with Crippen molar-refractivity contribution in [3.8, 4) is 5.75 Å². The molecule has 0 bridgehead atoms. The van der Waals surface area contributed by atoms with E-state index in [0.717, 1.165) is 5.75 Å². The molecule has 96 valence electrons. The lowest BCUT2D eigenvalue weighted by atomic mass is 10.2. The maximum atomic E-state index is 5.89. The second kappa shape index (κ2) is 5.06. The maximum absolute atomic E-state index is 5.89. The van der Waals surface area contributed by atoms with Crippen LogP contribution in [0.3, 0.4) is 0 Å².